The molecule has 2 aliphatic heterocycles. The summed E-state index contributed by atoms with van der Waals surface area (Å²) in [6.07, 6.45) is 3.56. The minimum absolute atomic E-state index is 0. The van der Waals surface area contributed by atoms with E-state index in [0.717, 1.165) is 76.4 Å². The molecule has 1 atom stereocenters. The molecule has 3 heterocycles. The third-order valence-electron chi connectivity index (χ3n) is 5.58. The van der Waals surface area contributed by atoms with Crippen molar-refractivity contribution in [1.29, 1.82) is 0 Å². The SMILES string of the molecule is CCNC(=NCCCc1nc2ccccc2s1)N1CCN(C(=O)C2CCCO2)CC1.I. The molecule has 2 saturated heterocycles. The molecule has 2 aromatic rings. The lowest BCUT2D eigenvalue weighted by Gasteiger charge is -2.37. The molecule has 1 unspecified atom stereocenters. The molecular weight excluding hydrogens is 525 g/mol. The summed E-state index contributed by atoms with van der Waals surface area (Å²) < 4.78 is 6.81. The average molecular weight is 558 g/mol. The van der Waals surface area contributed by atoms with Crippen LogP contribution in [0.25, 0.3) is 10.2 Å². The summed E-state index contributed by atoms with van der Waals surface area (Å²) in [5.41, 5.74) is 1.09. The van der Waals surface area contributed by atoms with Crippen LogP contribution in [0.3, 0.4) is 0 Å². The molecule has 1 N–H and O–H groups in total. The zero-order valence-electron chi connectivity index (χ0n) is 18.1. The van der Waals surface area contributed by atoms with Crippen LogP contribution in [0.4, 0.5) is 0 Å². The highest BCUT2D eigenvalue weighted by Crippen LogP contribution is 2.22. The van der Waals surface area contributed by atoms with Crippen LogP contribution in [-0.4, -0.2) is 78.6 Å². The van der Waals surface area contributed by atoms with Crippen molar-refractivity contribution in [3.8, 4) is 0 Å². The van der Waals surface area contributed by atoms with E-state index in [4.69, 9.17) is 14.7 Å². The second kappa shape index (κ2) is 12.0. The molecule has 2 aliphatic rings. The van der Waals surface area contributed by atoms with Crippen LogP contribution < -0.4 is 5.32 Å². The van der Waals surface area contributed by atoms with E-state index in [2.05, 4.69) is 35.3 Å². The number of fused-ring (bicyclic) bond motifs is 1. The molecule has 7 nitrogen and oxygen atoms in total. The van der Waals surface area contributed by atoms with Crippen molar-refractivity contribution in [2.24, 2.45) is 4.99 Å². The fourth-order valence-corrected chi connectivity index (χ4v) is 4.99. The first-order valence-electron chi connectivity index (χ1n) is 11.0. The van der Waals surface area contributed by atoms with Crippen LogP contribution in [0.15, 0.2) is 29.3 Å². The molecule has 31 heavy (non-hydrogen) atoms. The number of hydrogen-bond acceptors (Lipinski definition) is 5. The van der Waals surface area contributed by atoms with Gasteiger partial charge in [0.2, 0.25) is 0 Å². The Balaban J connectivity index is 0.00000272. The summed E-state index contributed by atoms with van der Waals surface area (Å²) in [4.78, 5) is 26.3. The van der Waals surface area contributed by atoms with Gasteiger partial charge in [0.15, 0.2) is 5.96 Å². The molecule has 1 aromatic heterocycles. The number of aliphatic imine (C=N–C) groups is 1. The Morgan fingerprint density at radius 2 is 2.03 bits per heavy atom. The van der Waals surface area contributed by atoms with E-state index in [9.17, 15) is 4.79 Å². The smallest absolute Gasteiger partial charge is 0.251 e. The Labute approximate surface area is 205 Å². The Bertz CT molecular complexity index is 843. The van der Waals surface area contributed by atoms with Gasteiger partial charge in [-0.3, -0.25) is 9.79 Å². The second-order valence-corrected chi connectivity index (χ2v) is 8.84. The first-order valence-corrected chi connectivity index (χ1v) is 11.8. The number of carbonyl (C=O) groups is 1. The van der Waals surface area contributed by atoms with Crippen LogP contribution in [0.2, 0.25) is 0 Å². The van der Waals surface area contributed by atoms with Crippen LogP contribution in [0, 0.1) is 0 Å². The van der Waals surface area contributed by atoms with Gasteiger partial charge in [-0.05, 0) is 38.3 Å². The topological polar surface area (TPSA) is 70.1 Å². The molecular formula is C22H32IN5O2S. The first-order chi connectivity index (χ1) is 14.7. The summed E-state index contributed by atoms with van der Waals surface area (Å²) in [6, 6.07) is 8.29. The second-order valence-electron chi connectivity index (χ2n) is 7.73. The van der Waals surface area contributed by atoms with Gasteiger partial charge in [0.05, 0.1) is 15.2 Å². The van der Waals surface area contributed by atoms with E-state index in [1.807, 2.05) is 11.0 Å². The Morgan fingerprint density at radius 3 is 2.74 bits per heavy atom. The Hall–Kier alpha value is -1.46. The van der Waals surface area contributed by atoms with Crippen LogP contribution >= 0.6 is 35.3 Å². The van der Waals surface area contributed by atoms with E-state index in [1.54, 1.807) is 11.3 Å². The minimum atomic E-state index is -0.221. The van der Waals surface area contributed by atoms with Crippen LogP contribution in [0.1, 0.15) is 31.2 Å². The lowest BCUT2D eigenvalue weighted by Crippen LogP contribution is -2.55. The maximum absolute atomic E-state index is 12.5. The van der Waals surface area contributed by atoms with Gasteiger partial charge in [-0.15, -0.1) is 35.3 Å². The molecule has 0 saturated carbocycles. The molecule has 9 heteroatoms. The molecule has 1 amide bonds. The highest BCUT2D eigenvalue weighted by Gasteiger charge is 2.30. The molecule has 0 aliphatic carbocycles. The summed E-state index contributed by atoms with van der Waals surface area (Å²) >= 11 is 1.77. The van der Waals surface area contributed by atoms with E-state index >= 15 is 0 Å². The van der Waals surface area contributed by atoms with Gasteiger partial charge < -0.3 is 19.9 Å². The predicted molar refractivity (Wildman–Crippen MR) is 136 cm³/mol. The van der Waals surface area contributed by atoms with Crippen molar-refractivity contribution in [2.45, 2.75) is 38.7 Å². The number of piperazine rings is 1. The summed E-state index contributed by atoms with van der Waals surface area (Å²) in [5.74, 6) is 1.11. The van der Waals surface area contributed by atoms with Crippen molar-refractivity contribution in [2.75, 3.05) is 45.9 Å². The molecule has 170 valence electrons. The number of para-hydroxylation sites is 1. The third-order valence-corrected chi connectivity index (χ3v) is 6.68. The minimum Gasteiger partial charge on any atom is -0.368 e. The molecule has 0 bridgehead atoms. The van der Waals surface area contributed by atoms with E-state index < -0.39 is 0 Å². The average Bonchev–Trinajstić information content (AvgIpc) is 3.45. The maximum atomic E-state index is 12.5. The lowest BCUT2D eigenvalue weighted by atomic mass is 10.2. The van der Waals surface area contributed by atoms with Crippen molar-refractivity contribution < 1.29 is 9.53 Å². The lowest BCUT2D eigenvalue weighted by molar-refractivity contribution is -0.142. The Kier molecular flexibility index (Phi) is 9.33. The van der Waals surface area contributed by atoms with Crippen molar-refractivity contribution in [3.63, 3.8) is 0 Å². The number of halogens is 1. The van der Waals surface area contributed by atoms with E-state index in [1.165, 1.54) is 9.71 Å². The quantitative estimate of drug-likeness (QED) is 0.256. The highest BCUT2D eigenvalue weighted by molar-refractivity contribution is 14.0. The van der Waals surface area contributed by atoms with E-state index in [0.29, 0.717) is 6.61 Å². The number of nitrogens with one attached hydrogen (secondary N) is 1. The van der Waals surface area contributed by atoms with Gasteiger partial charge in [0, 0.05) is 52.3 Å². The van der Waals surface area contributed by atoms with Crippen LogP contribution in [0.5, 0.6) is 0 Å². The number of nitrogens with zero attached hydrogens (tertiary/aromatic N) is 4. The normalized spacial score (nSPS) is 19.5. The summed E-state index contributed by atoms with van der Waals surface area (Å²) in [6.45, 7) is 7.49. The predicted octanol–water partition coefficient (Wildman–Crippen LogP) is 3.14. The maximum Gasteiger partial charge on any atom is 0.251 e. The number of thiazole rings is 1. The zero-order chi connectivity index (χ0) is 20.8. The molecule has 0 radical (unpaired) electrons. The molecule has 4 rings (SSSR count). The zero-order valence-corrected chi connectivity index (χ0v) is 21.2. The van der Waals surface area contributed by atoms with E-state index in [-0.39, 0.29) is 36.0 Å². The van der Waals surface area contributed by atoms with Gasteiger partial charge in [-0.1, -0.05) is 12.1 Å². The number of aromatic nitrogens is 1. The standard InChI is InChI=1S/C22H31N5O2S.HI/c1-2-23-22(24-11-5-10-20-25-17-7-3-4-9-19(17)30-20)27-14-12-26(13-15-27)21(28)18-8-6-16-29-18;/h3-4,7,9,18H,2,5-6,8,10-16H2,1H3,(H,23,24);1H. The van der Waals surface area contributed by atoms with Gasteiger partial charge in [-0.25, -0.2) is 4.98 Å². The fourth-order valence-electron chi connectivity index (χ4n) is 3.98. The third kappa shape index (κ3) is 6.29. The number of aryl methyl sites for hydroxylation is 1. The summed E-state index contributed by atoms with van der Waals surface area (Å²) in [7, 11) is 0. The number of ether oxygens (including phenoxy) is 1. The largest absolute Gasteiger partial charge is 0.368 e. The number of hydrogen-bond donors (Lipinski definition) is 1. The van der Waals surface area contributed by atoms with Crippen molar-refractivity contribution in [1.82, 2.24) is 20.1 Å². The van der Waals surface area contributed by atoms with Crippen molar-refractivity contribution >= 4 is 57.4 Å². The molecule has 2 fully saturated rings. The number of rotatable bonds is 6. The molecule has 1 aromatic carbocycles. The van der Waals surface area contributed by atoms with Gasteiger partial charge in [-0.2, -0.15) is 0 Å². The number of carbonyl (C=O) groups excluding carboxylic acids is 1. The van der Waals surface area contributed by atoms with Crippen LogP contribution in [-0.2, 0) is 16.0 Å². The Morgan fingerprint density at radius 1 is 1.26 bits per heavy atom. The van der Waals surface area contributed by atoms with Crippen molar-refractivity contribution in [3.05, 3.63) is 29.3 Å². The highest BCUT2D eigenvalue weighted by atomic mass is 127. The fraction of sp³-hybridized carbons (Fsp3) is 0.591. The van der Waals surface area contributed by atoms with Gasteiger partial charge in [0.1, 0.15) is 6.10 Å². The number of benzene rings is 1. The molecule has 0 spiro atoms. The van der Waals surface area contributed by atoms with Gasteiger partial charge in [0.25, 0.3) is 5.91 Å². The summed E-state index contributed by atoms with van der Waals surface area (Å²) in [5, 5.41) is 4.58. The van der Waals surface area contributed by atoms with Gasteiger partial charge >= 0.3 is 0 Å². The number of amides is 1. The first kappa shape index (κ1) is 24.2. The monoisotopic (exact) mass is 557 g/mol. The number of guanidine groups is 1.